The summed E-state index contributed by atoms with van der Waals surface area (Å²) in [4.78, 5) is 28.0. The van der Waals surface area contributed by atoms with Gasteiger partial charge in [0, 0.05) is 53.3 Å². The third kappa shape index (κ3) is 6.05. The fourth-order valence-corrected chi connectivity index (χ4v) is 4.95. The maximum atomic E-state index is 13.2. The van der Waals surface area contributed by atoms with Gasteiger partial charge in [0.05, 0.1) is 5.56 Å². The Bertz CT molecular complexity index is 1630. The molecule has 9 heteroatoms. The van der Waals surface area contributed by atoms with Gasteiger partial charge in [-0.25, -0.2) is 0 Å². The summed E-state index contributed by atoms with van der Waals surface area (Å²) in [6.07, 6.45) is 0.310. The predicted octanol–water partition coefficient (Wildman–Crippen LogP) is 6.09. The van der Waals surface area contributed by atoms with Crippen molar-refractivity contribution in [3.05, 3.63) is 77.4 Å². The number of carbonyl (C=O) groups excluding carboxylic acids is 2. The molecule has 0 radical (unpaired) electrons. The van der Waals surface area contributed by atoms with Crippen LogP contribution in [-0.4, -0.2) is 43.6 Å². The first-order chi connectivity index (χ1) is 18.6. The van der Waals surface area contributed by atoms with Crippen LogP contribution in [0.1, 0.15) is 53.5 Å². The third-order valence-corrected chi connectivity index (χ3v) is 7.18. The summed E-state index contributed by atoms with van der Waals surface area (Å²) in [5.74, 6) is -1.03. The standard InChI is InChI=1S/C30H32N2O6S/c1-5-26(33)28-24-16-23(21-9-8-10-22(15-21)30(34)31-18-39(35,36)37)25(32(6-2)7-3)17-27(24)38-29(28)20-13-11-19(4)12-14-20/h8-17H,5-7,18H2,1-4H3,(H,31,34)(H,35,36,37). The van der Waals surface area contributed by atoms with Gasteiger partial charge in [0.15, 0.2) is 5.78 Å². The molecule has 0 unspecified atom stereocenters. The van der Waals surface area contributed by atoms with Crippen LogP contribution in [0.25, 0.3) is 33.4 Å². The molecule has 8 nitrogen and oxygen atoms in total. The minimum absolute atomic E-state index is 0.0378. The molecule has 0 bridgehead atoms. The van der Waals surface area contributed by atoms with Gasteiger partial charge in [-0.15, -0.1) is 0 Å². The molecule has 1 aromatic heterocycles. The van der Waals surface area contributed by atoms with Gasteiger partial charge in [-0.3, -0.25) is 14.1 Å². The zero-order valence-electron chi connectivity index (χ0n) is 22.4. The minimum Gasteiger partial charge on any atom is -0.455 e. The van der Waals surface area contributed by atoms with E-state index in [4.69, 9.17) is 8.97 Å². The van der Waals surface area contributed by atoms with Gasteiger partial charge in [0.1, 0.15) is 17.2 Å². The maximum absolute atomic E-state index is 13.2. The number of ketones is 1. The lowest BCUT2D eigenvalue weighted by Crippen LogP contribution is -2.29. The molecule has 3 aromatic carbocycles. The van der Waals surface area contributed by atoms with E-state index in [-0.39, 0.29) is 11.3 Å². The molecule has 0 aliphatic rings. The molecule has 0 saturated heterocycles. The fourth-order valence-electron chi connectivity index (χ4n) is 4.64. The Hall–Kier alpha value is -3.95. The first kappa shape index (κ1) is 28.1. The van der Waals surface area contributed by atoms with Crippen LogP contribution in [0.5, 0.6) is 0 Å². The van der Waals surface area contributed by atoms with Crippen LogP contribution in [0.15, 0.2) is 65.1 Å². The molecular formula is C30H32N2O6S. The number of hydrogen-bond donors (Lipinski definition) is 2. The van der Waals surface area contributed by atoms with Crippen molar-refractivity contribution in [3.63, 3.8) is 0 Å². The first-order valence-electron chi connectivity index (χ1n) is 12.9. The average molecular weight is 549 g/mol. The fraction of sp³-hybridized carbons (Fsp3) is 0.267. The van der Waals surface area contributed by atoms with Crippen molar-refractivity contribution in [2.75, 3.05) is 23.9 Å². The number of Topliss-reactive ketones (excluding diaryl/α,β-unsaturated/α-hetero) is 1. The number of benzene rings is 3. The largest absolute Gasteiger partial charge is 0.455 e. The van der Waals surface area contributed by atoms with E-state index < -0.39 is 21.9 Å². The normalized spacial score (nSPS) is 11.5. The van der Waals surface area contributed by atoms with E-state index >= 15 is 0 Å². The first-order valence-corrected chi connectivity index (χ1v) is 14.5. The van der Waals surface area contributed by atoms with Gasteiger partial charge in [0.2, 0.25) is 0 Å². The second kappa shape index (κ2) is 11.4. The van der Waals surface area contributed by atoms with Crippen molar-refractivity contribution in [3.8, 4) is 22.5 Å². The maximum Gasteiger partial charge on any atom is 0.283 e. The van der Waals surface area contributed by atoms with Crippen molar-refractivity contribution < 1.29 is 27.0 Å². The highest BCUT2D eigenvalue weighted by atomic mass is 32.2. The molecule has 0 aliphatic heterocycles. The van der Waals surface area contributed by atoms with Crippen molar-refractivity contribution in [2.24, 2.45) is 0 Å². The molecule has 1 amide bonds. The van der Waals surface area contributed by atoms with Crippen LogP contribution in [0.2, 0.25) is 0 Å². The monoisotopic (exact) mass is 548 g/mol. The Morgan fingerprint density at radius 2 is 1.64 bits per heavy atom. The quantitative estimate of drug-likeness (QED) is 0.182. The third-order valence-electron chi connectivity index (χ3n) is 6.68. The Labute approximate surface area is 228 Å². The molecule has 0 spiro atoms. The Balaban J connectivity index is 1.94. The average Bonchev–Trinajstić information content (AvgIpc) is 3.30. The highest BCUT2D eigenvalue weighted by molar-refractivity contribution is 7.85. The lowest BCUT2D eigenvalue weighted by atomic mass is 9.95. The van der Waals surface area contributed by atoms with E-state index in [1.54, 1.807) is 18.2 Å². The summed E-state index contributed by atoms with van der Waals surface area (Å²) in [7, 11) is -4.36. The minimum atomic E-state index is -4.36. The zero-order valence-corrected chi connectivity index (χ0v) is 23.3. The second-order valence-electron chi connectivity index (χ2n) is 9.30. The smallest absolute Gasteiger partial charge is 0.283 e. The molecule has 204 valence electrons. The van der Waals surface area contributed by atoms with Gasteiger partial charge in [-0.2, -0.15) is 8.42 Å². The van der Waals surface area contributed by atoms with Crippen LogP contribution in [-0.2, 0) is 10.1 Å². The van der Waals surface area contributed by atoms with Gasteiger partial charge in [-0.05, 0) is 44.5 Å². The summed E-state index contributed by atoms with van der Waals surface area (Å²) in [5.41, 5.74) is 5.66. The number of furan rings is 1. The van der Waals surface area contributed by atoms with Crippen LogP contribution >= 0.6 is 0 Å². The molecule has 0 atom stereocenters. The van der Waals surface area contributed by atoms with E-state index in [2.05, 4.69) is 10.2 Å². The highest BCUT2D eigenvalue weighted by Gasteiger charge is 2.24. The molecular weight excluding hydrogens is 516 g/mol. The van der Waals surface area contributed by atoms with Crippen LogP contribution in [0, 0.1) is 6.92 Å². The summed E-state index contributed by atoms with van der Waals surface area (Å²) < 4.78 is 37.5. The zero-order chi connectivity index (χ0) is 28.3. The summed E-state index contributed by atoms with van der Waals surface area (Å²) in [6.45, 7) is 9.34. The topological polar surface area (TPSA) is 117 Å². The van der Waals surface area contributed by atoms with Crippen LogP contribution < -0.4 is 10.2 Å². The molecule has 39 heavy (non-hydrogen) atoms. The SMILES string of the molecule is CCC(=O)c1c(-c2ccc(C)cc2)oc2cc(N(CC)CC)c(-c3cccc(C(=O)NCS(=O)(=O)O)c3)cc12. The number of amides is 1. The molecule has 0 fully saturated rings. The number of hydrogen-bond acceptors (Lipinski definition) is 6. The van der Waals surface area contributed by atoms with Crippen molar-refractivity contribution >= 4 is 38.5 Å². The molecule has 4 rings (SSSR count). The Morgan fingerprint density at radius 1 is 0.949 bits per heavy atom. The van der Waals surface area contributed by atoms with Crippen molar-refractivity contribution in [1.29, 1.82) is 0 Å². The number of fused-ring (bicyclic) bond motifs is 1. The number of aryl methyl sites for hydroxylation is 1. The van der Waals surface area contributed by atoms with Crippen molar-refractivity contribution in [2.45, 2.75) is 34.1 Å². The van der Waals surface area contributed by atoms with Gasteiger partial charge < -0.3 is 14.6 Å². The van der Waals surface area contributed by atoms with E-state index in [1.165, 1.54) is 0 Å². The number of anilines is 1. The highest BCUT2D eigenvalue weighted by Crippen LogP contribution is 2.41. The molecule has 1 heterocycles. The molecule has 0 saturated carbocycles. The van der Waals surface area contributed by atoms with Crippen molar-refractivity contribution in [1.82, 2.24) is 5.32 Å². The second-order valence-corrected chi connectivity index (χ2v) is 10.8. The van der Waals surface area contributed by atoms with E-state index in [1.807, 2.05) is 70.2 Å². The van der Waals surface area contributed by atoms with Gasteiger partial charge in [0.25, 0.3) is 16.0 Å². The lowest BCUT2D eigenvalue weighted by Gasteiger charge is -2.24. The molecule has 4 aromatic rings. The summed E-state index contributed by atoms with van der Waals surface area (Å²) in [5, 5.41) is 2.90. The number of nitrogens with one attached hydrogen (secondary N) is 1. The molecule has 2 N–H and O–H groups in total. The Kier molecular flexibility index (Phi) is 8.22. The van der Waals surface area contributed by atoms with Gasteiger partial charge in [-0.1, -0.05) is 48.9 Å². The van der Waals surface area contributed by atoms with E-state index in [0.29, 0.717) is 34.3 Å². The predicted molar refractivity (Wildman–Crippen MR) is 154 cm³/mol. The van der Waals surface area contributed by atoms with E-state index in [0.717, 1.165) is 35.5 Å². The summed E-state index contributed by atoms with van der Waals surface area (Å²) >= 11 is 0. The Morgan fingerprint density at radius 3 is 2.26 bits per heavy atom. The molecule has 0 aliphatic carbocycles. The summed E-state index contributed by atoms with van der Waals surface area (Å²) in [6, 6.07) is 18.5. The number of carbonyl (C=O) groups is 2. The van der Waals surface area contributed by atoms with Crippen LogP contribution in [0.3, 0.4) is 0 Å². The van der Waals surface area contributed by atoms with Crippen LogP contribution in [0.4, 0.5) is 5.69 Å². The number of nitrogens with zero attached hydrogens (tertiary/aromatic N) is 1. The number of rotatable bonds is 10. The lowest BCUT2D eigenvalue weighted by molar-refractivity contribution is 0.0957. The van der Waals surface area contributed by atoms with Gasteiger partial charge >= 0.3 is 0 Å². The van der Waals surface area contributed by atoms with E-state index in [9.17, 15) is 18.0 Å².